The van der Waals surface area contributed by atoms with Gasteiger partial charge in [0, 0.05) is 6.04 Å². The molecule has 0 fully saturated rings. The second kappa shape index (κ2) is 14.5. The summed E-state index contributed by atoms with van der Waals surface area (Å²) in [6.07, 6.45) is 0.582. The third-order valence-electron chi connectivity index (χ3n) is 7.32. The van der Waals surface area contributed by atoms with Crippen LogP contribution in [0.3, 0.4) is 0 Å². The molecule has 0 saturated carbocycles. The Balaban J connectivity index is 2.20. The minimum absolute atomic E-state index is 0.0167. The van der Waals surface area contributed by atoms with Gasteiger partial charge in [-0.25, -0.2) is 9.59 Å². The average molecular weight is 594 g/mol. The number of ether oxygens (including phenoxy) is 2. The van der Waals surface area contributed by atoms with Crippen LogP contribution in [0.25, 0.3) is 0 Å². The lowest BCUT2D eigenvalue weighted by Gasteiger charge is -2.40. The lowest BCUT2D eigenvalue weighted by Crippen LogP contribution is -2.60. The second-order valence-corrected chi connectivity index (χ2v) is 13.0. The Morgan fingerprint density at radius 2 is 1.44 bits per heavy atom. The number of benzene rings is 2. The first kappa shape index (κ1) is 33.6. The first-order chi connectivity index (χ1) is 20.2. The van der Waals surface area contributed by atoms with Crippen LogP contribution in [-0.2, 0) is 36.7 Å². The second-order valence-electron chi connectivity index (χ2n) is 13.0. The van der Waals surface area contributed by atoms with Gasteiger partial charge >= 0.3 is 12.1 Å². The molecule has 2 N–H and O–H groups in total. The Morgan fingerprint density at radius 1 is 0.884 bits per heavy atom. The highest BCUT2D eigenvalue weighted by molar-refractivity contribution is 5.95. The quantitative estimate of drug-likeness (QED) is 0.356. The van der Waals surface area contributed by atoms with Crippen LogP contribution in [0.5, 0.6) is 0 Å². The van der Waals surface area contributed by atoms with Gasteiger partial charge in [-0.15, -0.1) is 0 Å². The average Bonchev–Trinajstić information content (AvgIpc) is 3.35. The summed E-state index contributed by atoms with van der Waals surface area (Å²) in [4.78, 5) is 57.0. The molecule has 1 aliphatic rings. The predicted molar refractivity (Wildman–Crippen MR) is 165 cm³/mol. The van der Waals surface area contributed by atoms with Crippen LogP contribution in [0.1, 0.15) is 77.6 Å². The molecule has 0 bridgehead atoms. The van der Waals surface area contributed by atoms with E-state index in [2.05, 4.69) is 10.6 Å². The van der Waals surface area contributed by atoms with E-state index in [9.17, 15) is 19.2 Å². The molecule has 0 heterocycles. The lowest BCUT2D eigenvalue weighted by atomic mass is 9.91. The topological polar surface area (TPSA) is 114 Å². The smallest absolute Gasteiger partial charge is 0.408 e. The molecule has 1 aliphatic carbocycles. The van der Waals surface area contributed by atoms with Gasteiger partial charge in [-0.1, -0.05) is 68.4 Å². The number of carbonyl (C=O) groups is 4. The van der Waals surface area contributed by atoms with E-state index in [1.165, 1.54) is 12.0 Å². The van der Waals surface area contributed by atoms with E-state index in [4.69, 9.17) is 9.47 Å². The fourth-order valence-corrected chi connectivity index (χ4v) is 5.61. The highest BCUT2D eigenvalue weighted by Crippen LogP contribution is 2.34. The van der Waals surface area contributed by atoms with Gasteiger partial charge in [0.15, 0.2) is 0 Å². The molecule has 0 saturated heterocycles. The van der Waals surface area contributed by atoms with Gasteiger partial charge in [0.1, 0.15) is 23.7 Å². The predicted octanol–water partition coefficient (Wildman–Crippen LogP) is 4.98. The van der Waals surface area contributed by atoms with Gasteiger partial charge in [0.2, 0.25) is 11.8 Å². The van der Waals surface area contributed by atoms with E-state index in [-0.39, 0.29) is 24.3 Å². The van der Waals surface area contributed by atoms with E-state index < -0.39 is 47.6 Å². The number of nitrogens with zero attached hydrogens (tertiary/aromatic N) is 1. The molecule has 43 heavy (non-hydrogen) atoms. The third kappa shape index (κ3) is 9.05. The van der Waals surface area contributed by atoms with Crippen molar-refractivity contribution in [2.75, 3.05) is 7.11 Å². The number of hydrogen-bond acceptors (Lipinski definition) is 6. The van der Waals surface area contributed by atoms with Gasteiger partial charge < -0.3 is 25.0 Å². The minimum atomic E-state index is -1.16. The number of hydrogen-bond donors (Lipinski definition) is 2. The van der Waals surface area contributed by atoms with Crippen LogP contribution in [-0.4, -0.2) is 59.6 Å². The van der Waals surface area contributed by atoms with Crippen LogP contribution in [0.15, 0.2) is 54.6 Å². The SMILES string of the molecule is COC(=O)[C@@H](CC(C)C)N(C(=O)[C@H](NC(=O)OC(C)(C)C)C1Cc2ccccc2C1)C(C(=O)NC(C)C)c1ccccc1. The highest BCUT2D eigenvalue weighted by Gasteiger charge is 2.46. The number of esters is 1. The number of rotatable bonds is 11. The van der Waals surface area contributed by atoms with Crippen LogP contribution in [0.2, 0.25) is 0 Å². The summed E-state index contributed by atoms with van der Waals surface area (Å²) in [5.41, 5.74) is 1.92. The van der Waals surface area contributed by atoms with E-state index in [0.717, 1.165) is 11.1 Å². The maximum Gasteiger partial charge on any atom is 0.408 e. The zero-order chi connectivity index (χ0) is 31.9. The van der Waals surface area contributed by atoms with Crippen molar-refractivity contribution in [3.63, 3.8) is 0 Å². The van der Waals surface area contributed by atoms with E-state index >= 15 is 0 Å². The number of methoxy groups -OCH3 is 1. The van der Waals surface area contributed by atoms with Crippen molar-refractivity contribution in [3.05, 3.63) is 71.3 Å². The summed E-state index contributed by atoms with van der Waals surface area (Å²) in [5.74, 6) is -1.96. The summed E-state index contributed by atoms with van der Waals surface area (Å²) in [6, 6.07) is 13.3. The maximum absolute atomic E-state index is 15.0. The Bertz CT molecular complexity index is 1250. The zero-order valence-electron chi connectivity index (χ0n) is 26.7. The molecule has 1 unspecified atom stereocenters. The zero-order valence-corrected chi connectivity index (χ0v) is 26.7. The number of alkyl carbamates (subject to hydrolysis) is 1. The molecule has 0 spiro atoms. The molecule has 2 aromatic carbocycles. The van der Waals surface area contributed by atoms with Crippen molar-refractivity contribution in [2.45, 2.75) is 97.5 Å². The van der Waals surface area contributed by atoms with Crippen LogP contribution in [0, 0.1) is 11.8 Å². The number of carbonyl (C=O) groups excluding carboxylic acids is 4. The molecule has 2 aromatic rings. The molecular formula is C34H47N3O6. The van der Waals surface area contributed by atoms with E-state index in [0.29, 0.717) is 18.4 Å². The van der Waals surface area contributed by atoms with Crippen molar-refractivity contribution in [1.82, 2.24) is 15.5 Å². The molecule has 9 nitrogen and oxygen atoms in total. The summed E-state index contributed by atoms with van der Waals surface area (Å²) < 4.78 is 10.8. The minimum Gasteiger partial charge on any atom is -0.467 e. The van der Waals surface area contributed by atoms with Crippen LogP contribution < -0.4 is 10.6 Å². The van der Waals surface area contributed by atoms with Crippen molar-refractivity contribution in [1.29, 1.82) is 0 Å². The first-order valence-corrected chi connectivity index (χ1v) is 15.0. The normalized spacial score (nSPS) is 15.3. The molecule has 3 rings (SSSR count). The van der Waals surface area contributed by atoms with E-state index in [1.54, 1.807) is 45.0 Å². The van der Waals surface area contributed by atoms with Gasteiger partial charge in [-0.2, -0.15) is 0 Å². The van der Waals surface area contributed by atoms with Crippen molar-refractivity contribution in [3.8, 4) is 0 Å². The first-order valence-electron chi connectivity index (χ1n) is 15.0. The molecule has 234 valence electrons. The Hall–Kier alpha value is -3.88. The molecule has 3 atom stereocenters. The summed E-state index contributed by atoms with van der Waals surface area (Å²) in [6.45, 7) is 12.8. The van der Waals surface area contributed by atoms with Gasteiger partial charge in [-0.05, 0) is 82.4 Å². The van der Waals surface area contributed by atoms with Crippen LogP contribution in [0.4, 0.5) is 4.79 Å². The number of fused-ring (bicyclic) bond motifs is 1. The summed E-state index contributed by atoms with van der Waals surface area (Å²) in [5, 5.41) is 5.78. The standard InChI is InChI=1S/C34H47N3O6/c1-21(2)18-27(32(40)42-8)37(29(30(38)35-22(3)4)23-14-10-9-11-15-23)31(39)28(36-33(41)43-34(5,6)7)26-19-24-16-12-13-17-25(24)20-26/h9-17,21-22,26-29H,18-20H2,1-8H3,(H,35,38)(H,36,41)/t27-,28-,29?/m1/s1. The molecule has 9 heteroatoms. The summed E-state index contributed by atoms with van der Waals surface area (Å²) >= 11 is 0. The Kier molecular flexibility index (Phi) is 11.4. The molecule has 0 aromatic heterocycles. The largest absolute Gasteiger partial charge is 0.467 e. The van der Waals surface area contributed by atoms with Gasteiger partial charge in [0.05, 0.1) is 7.11 Å². The third-order valence-corrected chi connectivity index (χ3v) is 7.32. The maximum atomic E-state index is 15.0. The summed E-state index contributed by atoms with van der Waals surface area (Å²) in [7, 11) is 1.27. The molecule has 0 radical (unpaired) electrons. The number of amides is 3. The molecule has 0 aliphatic heterocycles. The van der Waals surface area contributed by atoms with Gasteiger partial charge in [0.25, 0.3) is 0 Å². The van der Waals surface area contributed by atoms with Crippen molar-refractivity contribution in [2.24, 2.45) is 11.8 Å². The van der Waals surface area contributed by atoms with Crippen LogP contribution >= 0.6 is 0 Å². The van der Waals surface area contributed by atoms with Crippen molar-refractivity contribution < 1.29 is 28.7 Å². The van der Waals surface area contributed by atoms with Gasteiger partial charge in [-0.3, -0.25) is 9.59 Å². The lowest BCUT2D eigenvalue weighted by molar-refractivity contribution is -0.159. The highest BCUT2D eigenvalue weighted by atomic mass is 16.6. The fourth-order valence-electron chi connectivity index (χ4n) is 5.61. The van der Waals surface area contributed by atoms with Crippen molar-refractivity contribution >= 4 is 23.9 Å². The molecular weight excluding hydrogens is 546 g/mol. The Morgan fingerprint density at radius 3 is 1.93 bits per heavy atom. The monoisotopic (exact) mass is 593 g/mol. The molecule has 3 amide bonds. The fraction of sp³-hybridized carbons (Fsp3) is 0.529. The number of nitrogens with one attached hydrogen (secondary N) is 2. The van der Waals surface area contributed by atoms with E-state index in [1.807, 2.05) is 58.0 Å². The Labute approximate surface area is 255 Å².